The zero-order chi connectivity index (χ0) is 14.1. The lowest BCUT2D eigenvalue weighted by molar-refractivity contribution is -0.117. The molecule has 3 nitrogen and oxygen atoms in total. The van der Waals surface area contributed by atoms with E-state index in [4.69, 9.17) is 5.11 Å². The molecule has 1 rings (SSSR count). The van der Waals surface area contributed by atoms with Crippen LogP contribution in [-0.2, 0) is 4.79 Å². The van der Waals surface area contributed by atoms with Gasteiger partial charge in [-0.05, 0) is 24.1 Å². The van der Waals surface area contributed by atoms with E-state index in [0.717, 1.165) is 17.7 Å². The summed E-state index contributed by atoms with van der Waals surface area (Å²) in [4.78, 5) is 11.8. The molecule has 2 N–H and O–H groups in total. The van der Waals surface area contributed by atoms with Crippen molar-refractivity contribution in [2.75, 3.05) is 11.9 Å². The molecule has 0 aliphatic carbocycles. The van der Waals surface area contributed by atoms with Gasteiger partial charge in [0.15, 0.2) is 0 Å². The maximum Gasteiger partial charge on any atom is 0.224 e. The van der Waals surface area contributed by atoms with Crippen LogP contribution in [-0.4, -0.2) is 17.6 Å². The molecule has 1 aromatic carbocycles. The summed E-state index contributed by atoms with van der Waals surface area (Å²) in [7, 11) is 0. The predicted molar refractivity (Wildman–Crippen MR) is 77.7 cm³/mol. The van der Waals surface area contributed by atoms with Crippen LogP contribution in [0.2, 0.25) is 0 Å². The Kier molecular flexibility index (Phi) is 6.70. The van der Waals surface area contributed by atoms with Crippen LogP contribution in [0.5, 0.6) is 0 Å². The molecule has 0 spiro atoms. The van der Waals surface area contributed by atoms with Crippen LogP contribution in [0, 0.1) is 17.8 Å². The van der Waals surface area contributed by atoms with E-state index in [-0.39, 0.29) is 12.5 Å². The van der Waals surface area contributed by atoms with Gasteiger partial charge in [0.05, 0.1) is 6.61 Å². The number of hydrogen-bond acceptors (Lipinski definition) is 2. The molecular weight excluding hydrogens is 238 g/mol. The number of nitrogens with one attached hydrogen (secondary N) is 1. The first-order valence-electron chi connectivity index (χ1n) is 6.65. The van der Waals surface area contributed by atoms with Gasteiger partial charge in [-0.25, -0.2) is 0 Å². The molecule has 19 heavy (non-hydrogen) atoms. The molecule has 1 amide bonds. The second-order valence-corrected chi connectivity index (χ2v) is 4.62. The van der Waals surface area contributed by atoms with Gasteiger partial charge in [0.2, 0.25) is 5.91 Å². The first kappa shape index (κ1) is 15.3. The van der Waals surface area contributed by atoms with Crippen LogP contribution in [0.3, 0.4) is 0 Å². The Morgan fingerprint density at radius 2 is 2.26 bits per heavy atom. The molecule has 0 saturated heterocycles. The number of amides is 1. The topological polar surface area (TPSA) is 49.3 Å². The number of carbonyl (C=O) groups excluding carboxylic acids is 1. The van der Waals surface area contributed by atoms with Crippen LogP contribution < -0.4 is 5.32 Å². The Morgan fingerprint density at radius 3 is 2.95 bits per heavy atom. The highest BCUT2D eigenvalue weighted by atomic mass is 16.2. The fraction of sp³-hybridized carbons (Fsp3) is 0.438. The van der Waals surface area contributed by atoms with E-state index < -0.39 is 0 Å². The molecule has 1 atom stereocenters. The summed E-state index contributed by atoms with van der Waals surface area (Å²) in [6.07, 6.45) is 2.00. The quantitative estimate of drug-likeness (QED) is 0.799. The van der Waals surface area contributed by atoms with E-state index in [1.54, 1.807) is 0 Å². The number of carbonyl (C=O) groups is 1. The van der Waals surface area contributed by atoms with Crippen molar-refractivity contribution >= 4 is 11.6 Å². The maximum atomic E-state index is 11.8. The summed E-state index contributed by atoms with van der Waals surface area (Å²) in [5.41, 5.74) is 1.61. The molecular formula is C16H21NO2. The van der Waals surface area contributed by atoms with E-state index in [2.05, 4.69) is 31.0 Å². The number of benzene rings is 1. The van der Waals surface area contributed by atoms with Crippen LogP contribution >= 0.6 is 0 Å². The largest absolute Gasteiger partial charge is 0.395 e. The number of aliphatic hydroxyl groups excluding tert-OH is 1. The predicted octanol–water partition coefficient (Wildman–Crippen LogP) is 2.80. The van der Waals surface area contributed by atoms with Crippen molar-refractivity contribution < 1.29 is 9.90 Å². The number of rotatable bonds is 5. The zero-order valence-corrected chi connectivity index (χ0v) is 11.6. The molecule has 0 aliphatic heterocycles. The average molecular weight is 259 g/mol. The van der Waals surface area contributed by atoms with Gasteiger partial charge >= 0.3 is 0 Å². The molecule has 0 aromatic heterocycles. The summed E-state index contributed by atoms with van der Waals surface area (Å²) in [5, 5.41) is 11.5. The lowest BCUT2D eigenvalue weighted by atomic mass is 10.0. The van der Waals surface area contributed by atoms with Crippen molar-refractivity contribution in [2.24, 2.45) is 5.92 Å². The highest BCUT2D eigenvalue weighted by Gasteiger charge is 2.07. The Balaban J connectivity index is 2.62. The first-order valence-corrected chi connectivity index (χ1v) is 6.65. The minimum atomic E-state index is 0.0369. The summed E-state index contributed by atoms with van der Waals surface area (Å²) in [6.45, 7) is 4.21. The fourth-order valence-corrected chi connectivity index (χ4v) is 1.57. The van der Waals surface area contributed by atoms with Crippen LogP contribution in [0.4, 0.5) is 5.69 Å². The van der Waals surface area contributed by atoms with Crippen molar-refractivity contribution in [3.8, 4) is 11.8 Å². The summed E-state index contributed by atoms with van der Waals surface area (Å²) >= 11 is 0. The van der Waals surface area contributed by atoms with Crippen molar-refractivity contribution in [1.29, 1.82) is 0 Å². The Morgan fingerprint density at radius 1 is 1.47 bits per heavy atom. The molecule has 0 radical (unpaired) electrons. The molecule has 0 fully saturated rings. The second-order valence-electron chi connectivity index (χ2n) is 4.62. The Hall–Kier alpha value is -1.79. The van der Waals surface area contributed by atoms with Gasteiger partial charge in [-0.15, -0.1) is 0 Å². The van der Waals surface area contributed by atoms with Gasteiger partial charge < -0.3 is 10.4 Å². The lowest BCUT2D eigenvalue weighted by Gasteiger charge is -2.09. The van der Waals surface area contributed by atoms with Crippen LogP contribution in [0.1, 0.15) is 38.7 Å². The summed E-state index contributed by atoms with van der Waals surface area (Å²) in [5.74, 6) is 6.24. The third-order valence-electron chi connectivity index (χ3n) is 2.85. The molecule has 0 heterocycles. The van der Waals surface area contributed by atoms with Gasteiger partial charge in [-0.3, -0.25) is 4.79 Å². The van der Waals surface area contributed by atoms with E-state index in [0.29, 0.717) is 18.8 Å². The minimum absolute atomic E-state index is 0.0369. The molecule has 1 unspecified atom stereocenters. The first-order chi connectivity index (χ1) is 9.15. The van der Waals surface area contributed by atoms with E-state index in [9.17, 15) is 4.79 Å². The molecule has 1 aromatic rings. The van der Waals surface area contributed by atoms with Gasteiger partial charge in [-0.2, -0.15) is 0 Å². The maximum absolute atomic E-state index is 11.8. The summed E-state index contributed by atoms with van der Waals surface area (Å²) < 4.78 is 0. The van der Waals surface area contributed by atoms with Gasteiger partial charge in [-0.1, -0.05) is 38.2 Å². The fourth-order valence-electron chi connectivity index (χ4n) is 1.57. The van der Waals surface area contributed by atoms with E-state index in [1.165, 1.54) is 0 Å². The standard InChI is InChI=1S/C16H21NO2/c1-3-13(2)11-16(19)17-15-9-6-8-14(12-15)7-4-5-10-18/h6,8-9,12-13,18H,3,5,10-11H2,1-2H3,(H,17,19). The minimum Gasteiger partial charge on any atom is -0.395 e. The highest BCUT2D eigenvalue weighted by molar-refractivity contribution is 5.91. The lowest BCUT2D eigenvalue weighted by Crippen LogP contribution is -2.14. The third-order valence-corrected chi connectivity index (χ3v) is 2.85. The smallest absolute Gasteiger partial charge is 0.224 e. The van der Waals surface area contributed by atoms with Crippen molar-refractivity contribution in [3.05, 3.63) is 29.8 Å². The monoisotopic (exact) mass is 259 g/mol. The van der Waals surface area contributed by atoms with Crippen LogP contribution in [0.15, 0.2) is 24.3 Å². The molecule has 0 aliphatic rings. The van der Waals surface area contributed by atoms with E-state index in [1.807, 2.05) is 24.3 Å². The van der Waals surface area contributed by atoms with Gasteiger partial charge in [0, 0.05) is 24.1 Å². The Bertz CT molecular complexity index is 471. The second kappa shape index (κ2) is 8.34. The number of anilines is 1. The van der Waals surface area contributed by atoms with Crippen molar-refractivity contribution in [3.63, 3.8) is 0 Å². The van der Waals surface area contributed by atoms with Gasteiger partial charge in [0.25, 0.3) is 0 Å². The third kappa shape index (κ3) is 6.08. The van der Waals surface area contributed by atoms with Gasteiger partial charge in [0.1, 0.15) is 0 Å². The highest BCUT2D eigenvalue weighted by Crippen LogP contribution is 2.12. The normalized spacial score (nSPS) is 11.3. The number of aliphatic hydroxyl groups is 1. The summed E-state index contributed by atoms with van der Waals surface area (Å²) in [6, 6.07) is 7.45. The average Bonchev–Trinajstić information content (AvgIpc) is 2.39. The molecule has 102 valence electrons. The SMILES string of the molecule is CCC(C)CC(=O)Nc1cccc(C#CCCO)c1. The number of hydrogen-bond donors (Lipinski definition) is 2. The van der Waals surface area contributed by atoms with Crippen molar-refractivity contribution in [2.45, 2.75) is 33.1 Å². The zero-order valence-electron chi connectivity index (χ0n) is 11.6. The Labute approximate surface area is 115 Å². The molecule has 0 saturated carbocycles. The molecule has 3 heteroatoms. The van der Waals surface area contributed by atoms with Crippen molar-refractivity contribution in [1.82, 2.24) is 0 Å². The van der Waals surface area contributed by atoms with Crippen LogP contribution in [0.25, 0.3) is 0 Å². The molecule has 0 bridgehead atoms. The van der Waals surface area contributed by atoms with E-state index >= 15 is 0 Å².